The van der Waals surface area contributed by atoms with Gasteiger partial charge in [0.2, 0.25) is 5.91 Å². The monoisotopic (exact) mass is 285 g/mol. The lowest BCUT2D eigenvalue weighted by Gasteiger charge is -2.25. The molecule has 0 saturated heterocycles. The van der Waals surface area contributed by atoms with E-state index in [0.29, 0.717) is 12.8 Å². The van der Waals surface area contributed by atoms with Gasteiger partial charge in [0, 0.05) is 13.6 Å². The van der Waals surface area contributed by atoms with E-state index in [1.54, 1.807) is 14.0 Å². The number of ether oxygens (including phenoxy) is 1. The molecule has 1 aliphatic rings. The number of aliphatic carboxylic acids is 1. The van der Waals surface area contributed by atoms with Crippen LogP contribution in [0, 0.1) is 23.7 Å². The van der Waals surface area contributed by atoms with Crippen LogP contribution in [0.4, 0.5) is 0 Å². The summed E-state index contributed by atoms with van der Waals surface area (Å²) in [6.45, 7) is 3.88. The Morgan fingerprint density at radius 1 is 1.30 bits per heavy atom. The molecule has 0 radical (unpaired) electrons. The van der Waals surface area contributed by atoms with Crippen molar-refractivity contribution < 1.29 is 24.2 Å². The molecule has 114 valence electrons. The fourth-order valence-electron chi connectivity index (χ4n) is 2.90. The molecule has 0 heterocycles. The van der Waals surface area contributed by atoms with Gasteiger partial charge in [-0.1, -0.05) is 13.8 Å². The molecule has 6 heteroatoms. The van der Waals surface area contributed by atoms with Gasteiger partial charge in [0.25, 0.3) is 0 Å². The van der Waals surface area contributed by atoms with Crippen molar-refractivity contribution in [1.82, 2.24) is 4.90 Å². The van der Waals surface area contributed by atoms with Crippen LogP contribution < -0.4 is 0 Å². The van der Waals surface area contributed by atoms with Crippen molar-refractivity contribution in [3.05, 3.63) is 0 Å². The molecular formula is C14H23NO5. The van der Waals surface area contributed by atoms with Crippen LogP contribution >= 0.6 is 0 Å². The SMILES string of the molecule is COC(=O)C(C)CN(C)C(=O)C1CC(C)CC1C(=O)O. The van der Waals surface area contributed by atoms with Gasteiger partial charge in [0.15, 0.2) is 0 Å². The Labute approximate surface area is 119 Å². The van der Waals surface area contributed by atoms with Gasteiger partial charge >= 0.3 is 11.9 Å². The molecule has 0 aromatic rings. The second-order valence-corrected chi connectivity index (χ2v) is 5.77. The van der Waals surface area contributed by atoms with Gasteiger partial charge in [-0.25, -0.2) is 0 Å². The van der Waals surface area contributed by atoms with Crippen LogP contribution in [-0.2, 0) is 19.1 Å². The number of esters is 1. The summed E-state index contributed by atoms with van der Waals surface area (Å²) in [6.07, 6.45) is 1.12. The molecule has 0 aromatic carbocycles. The van der Waals surface area contributed by atoms with Gasteiger partial charge in [-0.2, -0.15) is 0 Å². The summed E-state index contributed by atoms with van der Waals surface area (Å²) in [6, 6.07) is 0. The second-order valence-electron chi connectivity index (χ2n) is 5.77. The van der Waals surface area contributed by atoms with Crippen LogP contribution in [0.25, 0.3) is 0 Å². The highest BCUT2D eigenvalue weighted by Gasteiger charge is 2.42. The van der Waals surface area contributed by atoms with Gasteiger partial charge in [-0.15, -0.1) is 0 Å². The minimum absolute atomic E-state index is 0.197. The van der Waals surface area contributed by atoms with Crippen LogP contribution in [0.1, 0.15) is 26.7 Å². The molecule has 6 nitrogen and oxygen atoms in total. The van der Waals surface area contributed by atoms with Gasteiger partial charge in [-0.05, 0) is 18.8 Å². The van der Waals surface area contributed by atoms with Crippen LogP contribution in [0.2, 0.25) is 0 Å². The number of carboxylic acids is 1. The van der Waals surface area contributed by atoms with E-state index in [1.165, 1.54) is 12.0 Å². The topological polar surface area (TPSA) is 83.9 Å². The summed E-state index contributed by atoms with van der Waals surface area (Å²) in [5.74, 6) is -2.78. The molecule has 4 unspecified atom stereocenters. The molecule has 1 fully saturated rings. The normalized spacial score (nSPS) is 26.9. The number of carbonyl (C=O) groups excluding carboxylic acids is 2. The summed E-state index contributed by atoms with van der Waals surface area (Å²) in [7, 11) is 2.91. The molecule has 0 aromatic heterocycles. The molecule has 0 aliphatic heterocycles. The Balaban J connectivity index is 2.68. The maximum absolute atomic E-state index is 12.4. The van der Waals surface area contributed by atoms with Crippen molar-refractivity contribution in [3.63, 3.8) is 0 Å². The summed E-state index contributed by atoms with van der Waals surface area (Å²) in [5, 5.41) is 9.20. The van der Waals surface area contributed by atoms with E-state index in [4.69, 9.17) is 0 Å². The van der Waals surface area contributed by atoms with Gasteiger partial charge < -0.3 is 14.7 Å². The first-order chi connectivity index (χ1) is 9.27. The smallest absolute Gasteiger partial charge is 0.310 e. The highest BCUT2D eigenvalue weighted by atomic mass is 16.5. The third kappa shape index (κ3) is 3.71. The zero-order chi connectivity index (χ0) is 15.4. The molecule has 20 heavy (non-hydrogen) atoms. The van der Waals surface area contributed by atoms with Gasteiger partial charge in [-0.3, -0.25) is 14.4 Å². The largest absolute Gasteiger partial charge is 0.481 e. The summed E-state index contributed by atoms with van der Waals surface area (Å²) in [5.41, 5.74) is 0. The Morgan fingerprint density at radius 2 is 1.85 bits per heavy atom. The first-order valence-electron chi connectivity index (χ1n) is 6.83. The maximum Gasteiger partial charge on any atom is 0.310 e. The van der Waals surface area contributed by atoms with E-state index in [-0.39, 0.29) is 24.3 Å². The van der Waals surface area contributed by atoms with Crippen molar-refractivity contribution in [2.75, 3.05) is 20.7 Å². The zero-order valence-corrected chi connectivity index (χ0v) is 12.5. The van der Waals surface area contributed by atoms with E-state index >= 15 is 0 Å². The highest BCUT2D eigenvalue weighted by Crippen LogP contribution is 2.37. The van der Waals surface area contributed by atoms with Crippen molar-refractivity contribution in [3.8, 4) is 0 Å². The number of carbonyl (C=O) groups is 3. The van der Waals surface area contributed by atoms with Crippen molar-refractivity contribution >= 4 is 17.8 Å². The number of rotatable bonds is 5. The standard InChI is InChI=1S/C14H23NO5/c1-8-5-10(11(6-8)13(17)18)12(16)15(3)7-9(2)14(19)20-4/h8-11H,5-7H2,1-4H3,(H,17,18). The third-order valence-corrected chi connectivity index (χ3v) is 3.96. The molecule has 1 amide bonds. The Hall–Kier alpha value is -1.59. The van der Waals surface area contributed by atoms with Crippen molar-refractivity contribution in [1.29, 1.82) is 0 Å². The minimum atomic E-state index is -0.915. The number of amides is 1. The predicted octanol–water partition coefficient (Wildman–Crippen LogP) is 1.00. The maximum atomic E-state index is 12.4. The predicted molar refractivity (Wildman–Crippen MR) is 71.8 cm³/mol. The van der Waals surface area contributed by atoms with E-state index in [9.17, 15) is 19.5 Å². The summed E-state index contributed by atoms with van der Waals surface area (Å²) >= 11 is 0. The van der Waals surface area contributed by atoms with E-state index < -0.39 is 23.7 Å². The van der Waals surface area contributed by atoms with Gasteiger partial charge in [0.05, 0.1) is 24.9 Å². The van der Waals surface area contributed by atoms with E-state index in [2.05, 4.69) is 4.74 Å². The number of nitrogens with zero attached hydrogens (tertiary/aromatic N) is 1. The Morgan fingerprint density at radius 3 is 2.35 bits per heavy atom. The lowest BCUT2D eigenvalue weighted by molar-refractivity contribution is -0.150. The summed E-state index contributed by atoms with van der Waals surface area (Å²) < 4.78 is 4.62. The Bertz CT molecular complexity index is 395. The highest BCUT2D eigenvalue weighted by molar-refractivity contribution is 5.85. The minimum Gasteiger partial charge on any atom is -0.481 e. The van der Waals surface area contributed by atoms with Crippen LogP contribution in [0.5, 0.6) is 0 Å². The van der Waals surface area contributed by atoms with E-state index in [1.807, 2.05) is 6.92 Å². The molecule has 0 bridgehead atoms. The zero-order valence-electron chi connectivity index (χ0n) is 12.5. The van der Waals surface area contributed by atoms with Crippen LogP contribution in [0.15, 0.2) is 0 Å². The average molecular weight is 285 g/mol. The number of hydrogen-bond acceptors (Lipinski definition) is 4. The molecule has 1 N–H and O–H groups in total. The van der Waals surface area contributed by atoms with Gasteiger partial charge in [0.1, 0.15) is 0 Å². The molecule has 0 spiro atoms. The Kier molecular flexibility index (Phi) is 5.53. The average Bonchev–Trinajstić information content (AvgIpc) is 2.78. The molecule has 1 saturated carbocycles. The van der Waals surface area contributed by atoms with Crippen molar-refractivity contribution in [2.24, 2.45) is 23.7 Å². The molecule has 1 aliphatic carbocycles. The lowest BCUT2D eigenvalue weighted by atomic mass is 9.94. The third-order valence-electron chi connectivity index (χ3n) is 3.96. The fourth-order valence-corrected chi connectivity index (χ4v) is 2.90. The lowest BCUT2D eigenvalue weighted by Crippen LogP contribution is -2.40. The molecule has 1 rings (SSSR count). The van der Waals surface area contributed by atoms with Crippen LogP contribution in [-0.4, -0.2) is 48.6 Å². The first-order valence-corrected chi connectivity index (χ1v) is 6.83. The van der Waals surface area contributed by atoms with Crippen molar-refractivity contribution in [2.45, 2.75) is 26.7 Å². The number of carboxylic acid groups (broad SMARTS) is 1. The summed E-state index contributed by atoms with van der Waals surface area (Å²) in [4.78, 5) is 36.4. The molecule has 4 atom stereocenters. The second kappa shape index (κ2) is 6.72. The molecular weight excluding hydrogens is 262 g/mol. The number of hydrogen-bond donors (Lipinski definition) is 1. The fraction of sp³-hybridized carbons (Fsp3) is 0.786. The first kappa shape index (κ1) is 16.5. The quantitative estimate of drug-likeness (QED) is 0.762. The van der Waals surface area contributed by atoms with Crippen LogP contribution in [0.3, 0.4) is 0 Å². The van der Waals surface area contributed by atoms with E-state index in [0.717, 1.165) is 0 Å². The number of methoxy groups -OCH3 is 1.